The fraction of sp³-hybridized carbons (Fsp3) is 0.431. The molecule has 2 aliphatic carbocycles. The molecule has 18 heteroatoms. The van der Waals surface area contributed by atoms with E-state index >= 15 is 8.78 Å². The number of rotatable bonds is 14. The number of nitrogens with zero attached hydrogens (tertiary/aromatic N) is 4. The smallest absolute Gasteiger partial charge is 0.246 e. The number of carbonyl (C=O) groups is 3. The molecule has 1 aromatic heterocycles. The molecule has 2 aromatic carbocycles. The number of alkyl halides is 1. The number of halogens is 3. The highest BCUT2D eigenvalue weighted by molar-refractivity contribution is 7.13. The van der Waals surface area contributed by atoms with Gasteiger partial charge >= 0.3 is 0 Å². The van der Waals surface area contributed by atoms with Crippen LogP contribution in [0.1, 0.15) is 69.5 Å². The Bertz CT molecular complexity index is 2660. The second kappa shape index (κ2) is 20.0. The number of aromatic nitrogens is 1. The molecule has 0 spiro atoms. The van der Waals surface area contributed by atoms with Gasteiger partial charge in [-0.05, 0) is 83.4 Å². The van der Waals surface area contributed by atoms with Gasteiger partial charge in [-0.25, -0.2) is 13.8 Å². The number of aliphatic imine (C=N–C) groups is 1. The zero-order chi connectivity index (χ0) is 48.7. The van der Waals surface area contributed by atoms with Crippen molar-refractivity contribution in [3.05, 3.63) is 129 Å². The molecule has 6 aliphatic rings. The first kappa shape index (κ1) is 48.5. The molecular weight excluding hydrogens is 924 g/mol. The van der Waals surface area contributed by atoms with Gasteiger partial charge in [-0.2, -0.15) is 0 Å². The van der Waals surface area contributed by atoms with Gasteiger partial charge in [0.25, 0.3) is 0 Å². The largest absolute Gasteiger partial charge is 0.391 e. The maximum absolute atomic E-state index is 15.2. The molecule has 364 valence electrons. The van der Waals surface area contributed by atoms with Crippen molar-refractivity contribution < 1.29 is 33.4 Å². The first-order chi connectivity index (χ1) is 33.0. The summed E-state index contributed by atoms with van der Waals surface area (Å²) in [6, 6.07) is 12.6. The van der Waals surface area contributed by atoms with Crippen LogP contribution in [0, 0.1) is 18.3 Å². The maximum atomic E-state index is 15.2. The summed E-state index contributed by atoms with van der Waals surface area (Å²) >= 11 is 8.08. The molecule has 0 radical (unpaired) electrons. The first-order valence-electron chi connectivity index (χ1n) is 23.4. The monoisotopic (exact) mass is 981 g/mol. The topological polar surface area (TPSA) is 183 Å². The average molecular weight is 983 g/mol. The van der Waals surface area contributed by atoms with Gasteiger partial charge in [-0.1, -0.05) is 74.8 Å². The maximum Gasteiger partial charge on any atom is 0.246 e. The molecule has 14 nitrogen and oxygen atoms in total. The summed E-state index contributed by atoms with van der Waals surface area (Å²) in [5.41, 5.74) is 8.87. The minimum atomic E-state index is -1.48. The molecule has 3 aromatic rings. The number of likely N-dealkylation sites (tertiary alicyclic amines) is 1. The van der Waals surface area contributed by atoms with Gasteiger partial charge in [0, 0.05) is 67.6 Å². The Morgan fingerprint density at radius 1 is 1.09 bits per heavy atom. The molecule has 0 bridgehead atoms. The lowest BCUT2D eigenvalue weighted by molar-refractivity contribution is -0.144. The Morgan fingerprint density at radius 2 is 1.86 bits per heavy atom. The predicted molar refractivity (Wildman–Crippen MR) is 263 cm³/mol. The van der Waals surface area contributed by atoms with Crippen LogP contribution in [0.3, 0.4) is 0 Å². The Morgan fingerprint density at radius 3 is 2.57 bits per heavy atom. The molecular formula is C51H58ClF2N9O5S. The molecule has 4 aliphatic heterocycles. The number of hydrogen-bond acceptors (Lipinski definition) is 12. The quantitative estimate of drug-likeness (QED) is 0.0728. The number of aryl methyl sites for hydroxylation is 1. The number of β-amino-alcohol motifs (C(OH)–C–C–N with tert-alkyl or cyclic N) is 1. The van der Waals surface area contributed by atoms with Crippen LogP contribution >= 0.6 is 22.9 Å². The molecule has 2 saturated heterocycles. The zero-order valence-corrected chi connectivity index (χ0v) is 40.5. The highest BCUT2D eigenvalue weighted by atomic mass is 35.5. The van der Waals surface area contributed by atoms with Crippen LogP contribution in [-0.4, -0.2) is 111 Å². The molecule has 2 fully saturated rings. The summed E-state index contributed by atoms with van der Waals surface area (Å²) in [6.07, 6.45) is 5.56. The Kier molecular flexibility index (Phi) is 14.1. The molecule has 9 rings (SSSR count). The van der Waals surface area contributed by atoms with Crippen molar-refractivity contribution in [3.63, 3.8) is 0 Å². The summed E-state index contributed by atoms with van der Waals surface area (Å²) in [6.45, 7) is 8.14. The standard InChI is InChI=1S/C51H58ClF2N9O5S/c1-27-44(69-26-58-27)29-10-8-28(9-11-29)22-57-49(67)39-21-34(64)25-62(39)50(68)45(51(2,3)4)60-40(65)18-19-55-48(66)30-12-15-33(16-13-30)59-46-47-61-42-31(24-63(46)47)23-56-43(36-20-32(52)14-17-35(36)42)41-37(53)6-5-7-38(41)54/h5-13,15-16,20,24,26,34,37,39,41,43,45-48,55-56,59,64,66H,14,17-19,21-23,25H2,1-4H3,(H,57,67)(H,60,65)/t34-,37?,39+,41?,43?,45?,46?,47?,48?,63?/m1/s1. The second-order valence-electron chi connectivity index (χ2n) is 19.5. The Balaban J connectivity index is 0.759. The van der Waals surface area contributed by atoms with Gasteiger partial charge in [0.1, 0.15) is 36.5 Å². The van der Waals surface area contributed by atoms with Gasteiger partial charge in [0.2, 0.25) is 17.7 Å². The summed E-state index contributed by atoms with van der Waals surface area (Å²) < 4.78 is 30.3. The molecule has 7 N–H and O–H groups in total. The minimum Gasteiger partial charge on any atom is -0.391 e. The van der Waals surface area contributed by atoms with Crippen LogP contribution in [0.15, 0.2) is 117 Å². The molecule has 9 atom stereocenters. The number of aliphatic hydroxyl groups is 2. The Labute approximate surface area is 409 Å². The third kappa shape index (κ3) is 10.5. The molecule has 3 amide bonds. The summed E-state index contributed by atoms with van der Waals surface area (Å²) in [5.74, 6) is -2.76. The lowest BCUT2D eigenvalue weighted by Crippen LogP contribution is -2.57. The number of benzene rings is 2. The molecule has 7 unspecified atom stereocenters. The van der Waals surface area contributed by atoms with E-state index in [1.54, 1.807) is 29.0 Å². The van der Waals surface area contributed by atoms with E-state index in [-0.39, 0.29) is 50.7 Å². The number of carbonyl (C=O) groups excluding carboxylic acids is 3. The normalized spacial score (nSPS) is 26.0. The highest BCUT2D eigenvalue weighted by Crippen LogP contribution is 2.43. The van der Waals surface area contributed by atoms with Crippen LogP contribution in [0.25, 0.3) is 10.4 Å². The first-order valence-corrected chi connectivity index (χ1v) is 24.7. The number of hydrogen-bond donors (Lipinski definition) is 7. The number of aliphatic hydroxyl groups excluding tert-OH is 2. The van der Waals surface area contributed by atoms with Crippen molar-refractivity contribution in [2.24, 2.45) is 16.3 Å². The van der Waals surface area contributed by atoms with Gasteiger partial charge < -0.3 is 41.3 Å². The van der Waals surface area contributed by atoms with Gasteiger partial charge in [0.05, 0.1) is 33.8 Å². The van der Waals surface area contributed by atoms with Crippen LogP contribution in [0.4, 0.5) is 14.5 Å². The van der Waals surface area contributed by atoms with Crippen LogP contribution < -0.4 is 26.6 Å². The van der Waals surface area contributed by atoms with Crippen LogP contribution in [0.5, 0.6) is 0 Å². The van der Waals surface area contributed by atoms with E-state index in [9.17, 15) is 24.6 Å². The summed E-state index contributed by atoms with van der Waals surface area (Å²) in [5, 5.41) is 38.0. The van der Waals surface area contributed by atoms with E-state index in [0.717, 1.165) is 49.8 Å². The van der Waals surface area contributed by atoms with Crippen molar-refractivity contribution in [3.8, 4) is 10.4 Å². The fourth-order valence-electron chi connectivity index (χ4n) is 9.80. The number of thiazole rings is 1. The van der Waals surface area contributed by atoms with Gasteiger partial charge in [-0.15, -0.1) is 11.3 Å². The van der Waals surface area contributed by atoms with E-state index in [1.165, 1.54) is 23.1 Å². The molecule has 69 heavy (non-hydrogen) atoms. The summed E-state index contributed by atoms with van der Waals surface area (Å²) in [7, 11) is 0. The minimum absolute atomic E-state index is 0.0347. The van der Waals surface area contributed by atoms with Gasteiger partial charge in [-0.3, -0.25) is 24.7 Å². The lowest BCUT2D eigenvalue weighted by Gasteiger charge is -2.35. The predicted octanol–water partition coefficient (Wildman–Crippen LogP) is 6.18. The SMILES string of the molecule is Cc1ncsc1-c1ccc(CNC(=O)[C@@H]2C[C@@H](O)CN2C(=O)C(NC(=O)CCNC(O)c2ccc(NC3C4N=C5C(=CN43)CNC(C3C(F)=CC=CC3F)C3=C5CCC(Cl)=C3)cc2)C(C)(C)C)cc1. The summed E-state index contributed by atoms with van der Waals surface area (Å²) in [4.78, 5) is 54.9. The number of anilines is 1. The number of fused-ring (bicyclic) bond motifs is 3. The van der Waals surface area contributed by atoms with Crippen molar-refractivity contribution in [1.29, 1.82) is 0 Å². The number of nitrogens with one attached hydrogen (secondary N) is 5. The zero-order valence-electron chi connectivity index (χ0n) is 38.9. The number of amides is 3. The Hall–Kier alpha value is -5.56. The third-order valence-corrected chi connectivity index (χ3v) is 14.9. The molecule has 5 heterocycles. The third-order valence-electron chi connectivity index (χ3n) is 13.6. The second-order valence-corrected chi connectivity index (χ2v) is 20.9. The lowest BCUT2D eigenvalue weighted by atomic mass is 9.80. The van der Waals surface area contributed by atoms with Crippen molar-refractivity contribution in [2.45, 2.75) is 109 Å². The number of allylic oxidation sites excluding steroid dienone is 5. The highest BCUT2D eigenvalue weighted by Gasteiger charge is 2.50. The van der Waals surface area contributed by atoms with E-state index in [0.29, 0.717) is 30.0 Å². The van der Waals surface area contributed by atoms with Crippen molar-refractivity contribution in [1.82, 2.24) is 36.1 Å². The van der Waals surface area contributed by atoms with Crippen molar-refractivity contribution >= 4 is 52.1 Å². The van der Waals surface area contributed by atoms with E-state index < -0.39 is 65.6 Å². The van der Waals surface area contributed by atoms with Crippen LogP contribution in [0.2, 0.25) is 0 Å². The van der Waals surface area contributed by atoms with E-state index in [4.69, 9.17) is 16.6 Å². The average Bonchev–Trinajstić information content (AvgIpc) is 3.58. The van der Waals surface area contributed by atoms with E-state index in [2.05, 4.69) is 42.7 Å². The van der Waals surface area contributed by atoms with Crippen LogP contribution in [-0.2, 0) is 20.9 Å². The van der Waals surface area contributed by atoms with Crippen molar-refractivity contribution in [2.75, 3.05) is 25.0 Å². The van der Waals surface area contributed by atoms with E-state index in [1.807, 2.05) is 70.2 Å². The molecule has 0 saturated carbocycles. The fourth-order valence-corrected chi connectivity index (χ4v) is 10.8. The van der Waals surface area contributed by atoms with Gasteiger partial charge in [0.15, 0.2) is 6.17 Å².